The SMILES string of the molecule is CCOC(=O)CCNc1nc(C)c(C(=O)OC)s1. The van der Waals surface area contributed by atoms with E-state index in [0.717, 1.165) is 0 Å². The third-order valence-electron chi connectivity index (χ3n) is 2.08. The summed E-state index contributed by atoms with van der Waals surface area (Å²) in [6, 6.07) is 0. The number of nitrogens with zero attached hydrogens (tertiary/aromatic N) is 1. The predicted octanol–water partition coefficient (Wildman–Crippen LogP) is 1.60. The summed E-state index contributed by atoms with van der Waals surface area (Å²) in [4.78, 5) is 27.1. The van der Waals surface area contributed by atoms with Gasteiger partial charge in [0.1, 0.15) is 4.88 Å². The molecule has 0 spiro atoms. The molecule has 1 N–H and O–H groups in total. The lowest BCUT2D eigenvalue weighted by atomic mass is 10.4. The van der Waals surface area contributed by atoms with E-state index in [0.29, 0.717) is 28.9 Å². The smallest absolute Gasteiger partial charge is 0.350 e. The minimum absolute atomic E-state index is 0.258. The van der Waals surface area contributed by atoms with Crippen LogP contribution in [0, 0.1) is 6.92 Å². The lowest BCUT2D eigenvalue weighted by Crippen LogP contribution is -2.11. The van der Waals surface area contributed by atoms with E-state index in [1.165, 1.54) is 18.4 Å². The molecule has 100 valence electrons. The molecule has 0 unspecified atom stereocenters. The van der Waals surface area contributed by atoms with E-state index in [4.69, 9.17) is 4.74 Å². The summed E-state index contributed by atoms with van der Waals surface area (Å²) in [5.74, 6) is -0.657. The van der Waals surface area contributed by atoms with Crippen LogP contribution in [0.5, 0.6) is 0 Å². The van der Waals surface area contributed by atoms with Gasteiger partial charge >= 0.3 is 11.9 Å². The van der Waals surface area contributed by atoms with Gasteiger partial charge in [-0.2, -0.15) is 0 Å². The summed E-state index contributed by atoms with van der Waals surface area (Å²) in [6.07, 6.45) is 0.264. The molecular formula is C11H16N2O4S. The quantitative estimate of drug-likeness (QED) is 0.793. The van der Waals surface area contributed by atoms with Crippen LogP contribution >= 0.6 is 11.3 Å². The summed E-state index contributed by atoms with van der Waals surface area (Å²) < 4.78 is 9.43. The minimum atomic E-state index is -0.400. The molecule has 1 rings (SSSR count). The van der Waals surface area contributed by atoms with E-state index >= 15 is 0 Å². The third kappa shape index (κ3) is 3.99. The van der Waals surface area contributed by atoms with Crippen molar-refractivity contribution >= 4 is 28.4 Å². The Morgan fingerprint density at radius 2 is 2.17 bits per heavy atom. The highest BCUT2D eigenvalue weighted by Crippen LogP contribution is 2.23. The number of rotatable bonds is 6. The highest BCUT2D eigenvalue weighted by molar-refractivity contribution is 7.17. The standard InChI is InChI=1S/C11H16N2O4S/c1-4-17-8(14)5-6-12-11-13-7(2)9(18-11)10(15)16-3/h4-6H2,1-3H3,(H,12,13). The average Bonchev–Trinajstić information content (AvgIpc) is 2.70. The number of aromatic nitrogens is 1. The molecule has 18 heavy (non-hydrogen) atoms. The fraction of sp³-hybridized carbons (Fsp3) is 0.545. The monoisotopic (exact) mass is 272 g/mol. The lowest BCUT2D eigenvalue weighted by Gasteiger charge is -2.02. The number of carbonyl (C=O) groups excluding carboxylic acids is 2. The second-order valence-electron chi connectivity index (χ2n) is 3.41. The first-order valence-electron chi connectivity index (χ1n) is 5.53. The zero-order valence-electron chi connectivity index (χ0n) is 10.6. The molecule has 6 nitrogen and oxygen atoms in total. The molecule has 1 heterocycles. The van der Waals surface area contributed by atoms with Gasteiger partial charge in [0, 0.05) is 6.54 Å². The molecule has 1 aromatic heterocycles. The van der Waals surface area contributed by atoms with Crippen molar-refractivity contribution in [3.8, 4) is 0 Å². The van der Waals surface area contributed by atoms with Gasteiger partial charge in [-0.3, -0.25) is 4.79 Å². The van der Waals surface area contributed by atoms with Crippen molar-refractivity contribution in [3.05, 3.63) is 10.6 Å². The van der Waals surface area contributed by atoms with Crippen molar-refractivity contribution in [2.24, 2.45) is 0 Å². The van der Waals surface area contributed by atoms with Crippen molar-refractivity contribution in [3.63, 3.8) is 0 Å². The van der Waals surface area contributed by atoms with Crippen LogP contribution in [0.25, 0.3) is 0 Å². The van der Waals surface area contributed by atoms with Crippen LogP contribution in [-0.4, -0.2) is 37.2 Å². The first kappa shape index (κ1) is 14.4. The van der Waals surface area contributed by atoms with E-state index in [1.807, 2.05) is 0 Å². The van der Waals surface area contributed by atoms with Crippen LogP contribution in [0.15, 0.2) is 0 Å². The van der Waals surface area contributed by atoms with Gasteiger partial charge in [-0.1, -0.05) is 11.3 Å². The fourth-order valence-electron chi connectivity index (χ4n) is 1.26. The molecule has 0 aliphatic carbocycles. The van der Waals surface area contributed by atoms with Crippen LogP contribution in [0.1, 0.15) is 28.7 Å². The van der Waals surface area contributed by atoms with Gasteiger partial charge in [-0.05, 0) is 13.8 Å². The Morgan fingerprint density at radius 1 is 1.44 bits per heavy atom. The third-order valence-corrected chi connectivity index (χ3v) is 3.17. The number of nitrogens with one attached hydrogen (secondary N) is 1. The minimum Gasteiger partial charge on any atom is -0.466 e. The van der Waals surface area contributed by atoms with Gasteiger partial charge in [0.2, 0.25) is 0 Å². The Morgan fingerprint density at radius 3 is 2.78 bits per heavy atom. The van der Waals surface area contributed by atoms with E-state index in [1.54, 1.807) is 13.8 Å². The van der Waals surface area contributed by atoms with Crippen molar-refractivity contribution in [2.75, 3.05) is 25.6 Å². The molecular weight excluding hydrogens is 256 g/mol. The summed E-state index contributed by atoms with van der Waals surface area (Å²) in [5.41, 5.74) is 0.616. The number of hydrogen-bond donors (Lipinski definition) is 1. The van der Waals surface area contributed by atoms with Crippen LogP contribution < -0.4 is 5.32 Å². The number of hydrogen-bond acceptors (Lipinski definition) is 7. The zero-order valence-corrected chi connectivity index (χ0v) is 11.4. The van der Waals surface area contributed by atoms with Crippen molar-refractivity contribution in [1.29, 1.82) is 0 Å². The lowest BCUT2D eigenvalue weighted by molar-refractivity contribution is -0.142. The Hall–Kier alpha value is -1.63. The molecule has 0 bridgehead atoms. The van der Waals surface area contributed by atoms with Gasteiger partial charge in [0.15, 0.2) is 5.13 Å². The van der Waals surface area contributed by atoms with Gasteiger partial charge in [-0.25, -0.2) is 9.78 Å². The van der Waals surface area contributed by atoms with E-state index in [2.05, 4.69) is 15.0 Å². The molecule has 0 saturated heterocycles. The van der Waals surface area contributed by atoms with E-state index in [9.17, 15) is 9.59 Å². The first-order chi connectivity index (χ1) is 8.58. The van der Waals surface area contributed by atoms with Gasteiger partial charge in [0.05, 0.1) is 25.8 Å². The zero-order chi connectivity index (χ0) is 13.5. The Labute approximate surface area is 109 Å². The number of carbonyl (C=O) groups is 2. The van der Waals surface area contributed by atoms with E-state index in [-0.39, 0.29) is 12.4 Å². The Balaban J connectivity index is 2.49. The second kappa shape index (κ2) is 6.95. The summed E-state index contributed by atoms with van der Waals surface area (Å²) in [6.45, 7) is 4.30. The van der Waals surface area contributed by atoms with Crippen molar-refractivity contribution < 1.29 is 19.1 Å². The molecule has 0 aromatic carbocycles. The number of ether oxygens (including phenoxy) is 2. The molecule has 0 radical (unpaired) electrons. The van der Waals surface area contributed by atoms with Crippen LogP contribution in [0.2, 0.25) is 0 Å². The largest absolute Gasteiger partial charge is 0.466 e. The molecule has 1 aromatic rings. The highest BCUT2D eigenvalue weighted by atomic mass is 32.1. The summed E-state index contributed by atoms with van der Waals surface area (Å²) in [5, 5.41) is 3.57. The molecule has 0 fully saturated rings. The Bertz CT molecular complexity index is 431. The summed E-state index contributed by atoms with van der Waals surface area (Å²) in [7, 11) is 1.33. The molecule has 0 aliphatic heterocycles. The topological polar surface area (TPSA) is 77.5 Å². The fourth-order valence-corrected chi connectivity index (χ4v) is 2.17. The van der Waals surface area contributed by atoms with Gasteiger partial charge in [-0.15, -0.1) is 0 Å². The first-order valence-corrected chi connectivity index (χ1v) is 6.35. The van der Waals surface area contributed by atoms with Gasteiger partial charge < -0.3 is 14.8 Å². The molecule has 7 heteroatoms. The molecule has 0 saturated carbocycles. The van der Waals surface area contributed by atoms with E-state index < -0.39 is 5.97 Å². The number of esters is 2. The van der Waals surface area contributed by atoms with Gasteiger partial charge in [0.25, 0.3) is 0 Å². The van der Waals surface area contributed by atoms with Crippen LogP contribution in [0.4, 0.5) is 5.13 Å². The van der Waals surface area contributed by atoms with Crippen LogP contribution in [0.3, 0.4) is 0 Å². The molecule has 0 atom stereocenters. The van der Waals surface area contributed by atoms with Crippen molar-refractivity contribution in [1.82, 2.24) is 4.98 Å². The second-order valence-corrected chi connectivity index (χ2v) is 4.41. The highest BCUT2D eigenvalue weighted by Gasteiger charge is 2.15. The maximum absolute atomic E-state index is 11.4. The number of aryl methyl sites for hydroxylation is 1. The van der Waals surface area contributed by atoms with Crippen molar-refractivity contribution in [2.45, 2.75) is 20.3 Å². The average molecular weight is 272 g/mol. The number of methoxy groups -OCH3 is 1. The predicted molar refractivity (Wildman–Crippen MR) is 67.9 cm³/mol. The number of thiazole rings is 1. The van der Waals surface area contributed by atoms with Crippen LogP contribution in [-0.2, 0) is 14.3 Å². The maximum atomic E-state index is 11.4. The number of anilines is 1. The Kier molecular flexibility index (Phi) is 5.57. The normalized spacial score (nSPS) is 9.94. The molecule has 0 aliphatic rings. The maximum Gasteiger partial charge on any atom is 0.350 e. The molecule has 0 amide bonds. The summed E-state index contributed by atoms with van der Waals surface area (Å²) >= 11 is 1.21.